The molecule has 0 spiro atoms. The molecular formula is C17H17F2NO. The Labute approximate surface area is 122 Å². The molecule has 1 aromatic heterocycles. The molecule has 1 fully saturated rings. The number of pyridine rings is 1. The lowest BCUT2D eigenvalue weighted by Gasteiger charge is -2.20. The standard InChI is InChI=1S/C17H17F2NO/c1-16(2,3)11-4-6-12(7-5-11)17(10-21-17)15-13(18)8-20-9-14(15)19/h4-9H,10H2,1-3H3. The molecule has 1 saturated heterocycles. The second-order valence-electron chi connectivity index (χ2n) is 6.42. The van der Waals surface area contributed by atoms with Crippen LogP contribution in [0, 0.1) is 11.6 Å². The van der Waals surface area contributed by atoms with Gasteiger partial charge in [0.15, 0.2) is 11.6 Å². The fourth-order valence-corrected chi connectivity index (χ4v) is 2.56. The lowest BCUT2D eigenvalue weighted by Crippen LogP contribution is -2.17. The highest BCUT2D eigenvalue weighted by molar-refractivity contribution is 5.43. The van der Waals surface area contributed by atoms with E-state index >= 15 is 0 Å². The highest BCUT2D eigenvalue weighted by atomic mass is 19.1. The molecule has 0 amide bonds. The Morgan fingerprint density at radius 2 is 1.57 bits per heavy atom. The van der Waals surface area contributed by atoms with Crippen molar-refractivity contribution in [2.24, 2.45) is 0 Å². The van der Waals surface area contributed by atoms with Gasteiger partial charge in [0.2, 0.25) is 0 Å². The van der Waals surface area contributed by atoms with E-state index in [4.69, 9.17) is 4.74 Å². The molecule has 1 aliphatic heterocycles. The highest BCUT2D eigenvalue weighted by Crippen LogP contribution is 2.47. The smallest absolute Gasteiger partial charge is 0.150 e. The molecule has 1 unspecified atom stereocenters. The van der Waals surface area contributed by atoms with E-state index in [1.54, 1.807) is 0 Å². The van der Waals surface area contributed by atoms with Crippen LogP contribution in [0.2, 0.25) is 0 Å². The molecule has 1 aromatic carbocycles. The average molecular weight is 289 g/mol. The Balaban J connectivity index is 2.04. The normalized spacial score (nSPS) is 21.4. The minimum atomic E-state index is -1.01. The zero-order valence-corrected chi connectivity index (χ0v) is 12.3. The molecule has 21 heavy (non-hydrogen) atoms. The molecule has 0 radical (unpaired) electrons. The fourth-order valence-electron chi connectivity index (χ4n) is 2.56. The van der Waals surface area contributed by atoms with E-state index in [0.717, 1.165) is 23.5 Å². The first-order chi connectivity index (χ1) is 9.84. The summed E-state index contributed by atoms with van der Waals surface area (Å²) >= 11 is 0. The van der Waals surface area contributed by atoms with E-state index < -0.39 is 17.2 Å². The quantitative estimate of drug-likeness (QED) is 0.783. The molecule has 2 nitrogen and oxygen atoms in total. The minimum Gasteiger partial charge on any atom is -0.359 e. The van der Waals surface area contributed by atoms with Crippen molar-refractivity contribution in [2.45, 2.75) is 31.8 Å². The van der Waals surface area contributed by atoms with Crippen LogP contribution in [-0.2, 0) is 15.8 Å². The Morgan fingerprint density at radius 3 is 2.00 bits per heavy atom. The van der Waals surface area contributed by atoms with Crippen LogP contribution >= 0.6 is 0 Å². The van der Waals surface area contributed by atoms with Crippen LogP contribution in [0.15, 0.2) is 36.7 Å². The summed E-state index contributed by atoms with van der Waals surface area (Å²) in [6.07, 6.45) is 2.04. The van der Waals surface area contributed by atoms with Crippen LogP contribution < -0.4 is 0 Å². The summed E-state index contributed by atoms with van der Waals surface area (Å²) < 4.78 is 33.4. The van der Waals surface area contributed by atoms with Crippen molar-refractivity contribution >= 4 is 0 Å². The molecule has 0 aliphatic carbocycles. The molecule has 0 bridgehead atoms. The van der Waals surface area contributed by atoms with Gasteiger partial charge in [-0.15, -0.1) is 0 Å². The number of nitrogens with zero attached hydrogens (tertiary/aromatic N) is 1. The van der Waals surface area contributed by atoms with Crippen molar-refractivity contribution < 1.29 is 13.5 Å². The first-order valence-electron chi connectivity index (χ1n) is 6.89. The van der Waals surface area contributed by atoms with Gasteiger partial charge in [0.1, 0.15) is 5.60 Å². The molecular weight excluding hydrogens is 272 g/mol. The van der Waals surface area contributed by atoms with Gasteiger partial charge in [-0.25, -0.2) is 8.78 Å². The number of hydrogen-bond acceptors (Lipinski definition) is 2. The molecule has 0 saturated carbocycles. The lowest BCUT2D eigenvalue weighted by molar-refractivity contribution is 0.330. The number of halogens is 2. The largest absolute Gasteiger partial charge is 0.359 e. The summed E-state index contributed by atoms with van der Waals surface area (Å²) in [5.41, 5.74) is 0.898. The van der Waals surface area contributed by atoms with Crippen LogP contribution in [0.3, 0.4) is 0 Å². The maximum Gasteiger partial charge on any atom is 0.150 e. The van der Waals surface area contributed by atoms with Gasteiger partial charge in [0, 0.05) is 0 Å². The van der Waals surface area contributed by atoms with E-state index in [2.05, 4.69) is 25.8 Å². The molecule has 2 heterocycles. The zero-order valence-electron chi connectivity index (χ0n) is 12.3. The summed E-state index contributed by atoms with van der Waals surface area (Å²) in [4.78, 5) is 3.52. The summed E-state index contributed by atoms with van der Waals surface area (Å²) in [5, 5.41) is 0. The summed E-state index contributed by atoms with van der Waals surface area (Å²) in [5.74, 6) is -1.35. The van der Waals surface area contributed by atoms with Crippen molar-refractivity contribution in [2.75, 3.05) is 6.61 Å². The molecule has 1 aliphatic rings. The van der Waals surface area contributed by atoms with E-state index in [0.29, 0.717) is 0 Å². The maximum atomic E-state index is 14.0. The molecule has 110 valence electrons. The first kappa shape index (κ1) is 14.1. The number of ether oxygens (including phenoxy) is 1. The summed E-state index contributed by atoms with van der Waals surface area (Å²) in [6.45, 7) is 6.63. The third-order valence-electron chi connectivity index (χ3n) is 3.91. The zero-order chi connectivity index (χ0) is 15.3. The summed E-state index contributed by atoms with van der Waals surface area (Å²) in [7, 11) is 0. The summed E-state index contributed by atoms with van der Waals surface area (Å²) in [6, 6.07) is 7.73. The van der Waals surface area contributed by atoms with Crippen molar-refractivity contribution in [1.29, 1.82) is 0 Å². The van der Waals surface area contributed by atoms with E-state index in [1.165, 1.54) is 0 Å². The van der Waals surface area contributed by atoms with Gasteiger partial charge in [0.05, 0.1) is 24.6 Å². The third kappa shape index (κ3) is 2.33. The number of aromatic nitrogens is 1. The van der Waals surface area contributed by atoms with Crippen LogP contribution in [0.25, 0.3) is 0 Å². The second-order valence-corrected chi connectivity index (χ2v) is 6.42. The van der Waals surface area contributed by atoms with Crippen molar-refractivity contribution in [1.82, 2.24) is 4.98 Å². The monoisotopic (exact) mass is 289 g/mol. The van der Waals surface area contributed by atoms with Gasteiger partial charge in [-0.2, -0.15) is 0 Å². The minimum absolute atomic E-state index is 0.0310. The third-order valence-corrected chi connectivity index (χ3v) is 3.91. The predicted octanol–water partition coefficient (Wildman–Crippen LogP) is 3.93. The van der Waals surface area contributed by atoms with Crippen molar-refractivity contribution in [3.63, 3.8) is 0 Å². The van der Waals surface area contributed by atoms with Gasteiger partial charge in [0.25, 0.3) is 0 Å². The Bertz CT molecular complexity index is 650. The molecule has 1 atom stereocenters. The van der Waals surface area contributed by atoms with Crippen molar-refractivity contribution in [3.8, 4) is 0 Å². The number of rotatable bonds is 2. The molecule has 0 N–H and O–H groups in total. The van der Waals surface area contributed by atoms with E-state index in [9.17, 15) is 8.78 Å². The van der Waals surface area contributed by atoms with Crippen LogP contribution in [0.5, 0.6) is 0 Å². The van der Waals surface area contributed by atoms with Crippen LogP contribution in [-0.4, -0.2) is 11.6 Å². The lowest BCUT2D eigenvalue weighted by atomic mass is 9.84. The topological polar surface area (TPSA) is 25.4 Å². The van der Waals surface area contributed by atoms with Gasteiger partial charge < -0.3 is 4.74 Å². The van der Waals surface area contributed by atoms with Crippen LogP contribution in [0.4, 0.5) is 8.78 Å². The highest BCUT2D eigenvalue weighted by Gasteiger charge is 2.52. The van der Waals surface area contributed by atoms with Crippen LogP contribution in [0.1, 0.15) is 37.5 Å². The van der Waals surface area contributed by atoms with Gasteiger partial charge in [-0.05, 0) is 16.5 Å². The number of hydrogen-bond donors (Lipinski definition) is 0. The Hall–Kier alpha value is -1.81. The second kappa shape index (κ2) is 4.60. The van der Waals surface area contributed by atoms with Crippen molar-refractivity contribution in [3.05, 3.63) is 65.0 Å². The number of epoxide rings is 1. The van der Waals surface area contributed by atoms with Gasteiger partial charge >= 0.3 is 0 Å². The molecule has 2 aromatic rings. The predicted molar refractivity (Wildman–Crippen MR) is 76.0 cm³/mol. The average Bonchev–Trinajstić information content (AvgIpc) is 3.19. The van der Waals surface area contributed by atoms with Gasteiger partial charge in [-0.3, -0.25) is 4.98 Å². The first-order valence-corrected chi connectivity index (χ1v) is 6.89. The SMILES string of the molecule is CC(C)(C)c1ccc(C2(c3c(F)cncc3F)CO2)cc1. The molecule has 4 heteroatoms. The molecule has 3 rings (SSSR count). The maximum absolute atomic E-state index is 14.0. The Morgan fingerprint density at radius 1 is 1.05 bits per heavy atom. The number of benzene rings is 1. The van der Waals surface area contributed by atoms with Gasteiger partial charge in [-0.1, -0.05) is 45.0 Å². The Kier molecular flexibility index (Phi) is 3.10. The fraction of sp³-hybridized carbons (Fsp3) is 0.353. The van der Waals surface area contributed by atoms with E-state index in [-0.39, 0.29) is 17.6 Å². The van der Waals surface area contributed by atoms with E-state index in [1.807, 2.05) is 24.3 Å².